The molecular weight excluding hydrogens is 172 g/mol. The van der Waals surface area contributed by atoms with E-state index in [0.717, 1.165) is 18.9 Å². The summed E-state index contributed by atoms with van der Waals surface area (Å²) < 4.78 is 4.75. The Morgan fingerprint density at radius 2 is 2.08 bits per heavy atom. The van der Waals surface area contributed by atoms with Gasteiger partial charge in [0.2, 0.25) is 0 Å². The molecule has 0 aliphatic heterocycles. The van der Waals surface area contributed by atoms with Crippen LogP contribution in [0.3, 0.4) is 0 Å². The Bertz CT molecular complexity index is 218. The van der Waals surface area contributed by atoms with Gasteiger partial charge >= 0.3 is 5.97 Å². The van der Waals surface area contributed by atoms with E-state index in [2.05, 4.69) is 0 Å². The Labute approximate surface area is 77.2 Å². The predicted octanol–water partition coefficient (Wildman–Crippen LogP) is 0.0259. The van der Waals surface area contributed by atoms with Gasteiger partial charge in [-0.3, -0.25) is 0 Å². The van der Waals surface area contributed by atoms with Crippen LogP contribution >= 0.6 is 0 Å². The number of esters is 1. The molecule has 0 aliphatic rings. The maximum Gasteiger partial charge on any atom is 0.333 e. The van der Waals surface area contributed by atoms with Crippen LogP contribution in [-0.2, 0) is 14.3 Å². The molecule has 0 radical (unpaired) electrons. The third-order valence-electron chi connectivity index (χ3n) is 1.39. The van der Waals surface area contributed by atoms with E-state index in [4.69, 9.17) is 4.74 Å². The average Bonchev–Trinajstić information content (AvgIpc) is 2.03. The van der Waals surface area contributed by atoms with Crippen LogP contribution < -0.4 is 5.11 Å². The molecule has 0 saturated heterocycles. The third-order valence-corrected chi connectivity index (χ3v) is 1.39. The molecule has 0 aromatic heterocycles. The van der Waals surface area contributed by atoms with Crippen LogP contribution in [-0.4, -0.2) is 18.5 Å². The molecule has 0 aromatic rings. The molecular formula is C9H13O4-. The Hall–Kier alpha value is -1.32. The number of aliphatic carboxylic acids is 1. The van der Waals surface area contributed by atoms with Crippen molar-refractivity contribution < 1.29 is 19.4 Å². The van der Waals surface area contributed by atoms with E-state index in [9.17, 15) is 14.7 Å². The lowest BCUT2D eigenvalue weighted by molar-refractivity contribution is -0.297. The standard InChI is InChI=1S/C9H14O4/c1-3-4-5-13-9(12)7(2)6-8(10)11/h6H,3-5H2,1-2H3,(H,10,11)/p-1/b7-6+. The summed E-state index contributed by atoms with van der Waals surface area (Å²) in [6.45, 7) is 3.68. The van der Waals surface area contributed by atoms with Crippen molar-refractivity contribution in [2.45, 2.75) is 26.7 Å². The van der Waals surface area contributed by atoms with E-state index in [-0.39, 0.29) is 5.57 Å². The minimum Gasteiger partial charge on any atom is -0.545 e. The molecule has 0 rings (SSSR count). The number of ether oxygens (including phenoxy) is 1. The van der Waals surface area contributed by atoms with Crippen molar-refractivity contribution >= 4 is 11.9 Å². The zero-order valence-electron chi connectivity index (χ0n) is 7.83. The van der Waals surface area contributed by atoms with Gasteiger partial charge in [0, 0.05) is 5.57 Å². The first-order valence-corrected chi connectivity index (χ1v) is 4.14. The van der Waals surface area contributed by atoms with Gasteiger partial charge in [0.15, 0.2) is 0 Å². The molecule has 0 saturated carbocycles. The summed E-state index contributed by atoms with van der Waals surface area (Å²) in [7, 11) is 0. The van der Waals surface area contributed by atoms with Crippen LogP contribution in [0.2, 0.25) is 0 Å². The summed E-state index contributed by atoms with van der Waals surface area (Å²) in [5.41, 5.74) is 0.0519. The largest absolute Gasteiger partial charge is 0.545 e. The van der Waals surface area contributed by atoms with Gasteiger partial charge in [-0.2, -0.15) is 0 Å². The molecule has 0 amide bonds. The Morgan fingerprint density at radius 3 is 2.54 bits per heavy atom. The molecule has 0 bridgehead atoms. The molecule has 0 fully saturated rings. The molecule has 74 valence electrons. The van der Waals surface area contributed by atoms with Crippen LogP contribution in [0, 0.1) is 0 Å². The van der Waals surface area contributed by atoms with E-state index < -0.39 is 11.9 Å². The average molecular weight is 185 g/mol. The van der Waals surface area contributed by atoms with Crippen molar-refractivity contribution in [2.75, 3.05) is 6.61 Å². The Balaban J connectivity index is 3.90. The normalized spacial score (nSPS) is 11.1. The Kier molecular flexibility index (Phi) is 5.59. The van der Waals surface area contributed by atoms with Crippen LogP contribution in [0.4, 0.5) is 0 Å². The number of unbranched alkanes of at least 4 members (excludes halogenated alkanes) is 1. The fourth-order valence-electron chi connectivity index (χ4n) is 0.659. The molecule has 0 unspecified atom stereocenters. The predicted molar refractivity (Wildman–Crippen MR) is 44.6 cm³/mol. The summed E-state index contributed by atoms with van der Waals surface area (Å²) in [4.78, 5) is 21.0. The zero-order valence-corrected chi connectivity index (χ0v) is 7.83. The van der Waals surface area contributed by atoms with Crippen molar-refractivity contribution in [2.24, 2.45) is 0 Å². The van der Waals surface area contributed by atoms with Crippen molar-refractivity contribution in [3.05, 3.63) is 11.6 Å². The first-order chi connectivity index (χ1) is 6.07. The van der Waals surface area contributed by atoms with Crippen molar-refractivity contribution in [1.29, 1.82) is 0 Å². The highest BCUT2D eigenvalue weighted by atomic mass is 16.5. The number of rotatable bonds is 5. The van der Waals surface area contributed by atoms with Crippen molar-refractivity contribution in [3.8, 4) is 0 Å². The molecule has 4 heteroatoms. The summed E-state index contributed by atoms with van der Waals surface area (Å²) in [6, 6.07) is 0. The lowest BCUT2D eigenvalue weighted by atomic mass is 10.3. The fourth-order valence-corrected chi connectivity index (χ4v) is 0.659. The zero-order chi connectivity index (χ0) is 10.3. The number of carboxylic acids is 1. The molecule has 0 heterocycles. The van der Waals surface area contributed by atoms with Gasteiger partial charge in [0.25, 0.3) is 0 Å². The highest BCUT2D eigenvalue weighted by molar-refractivity contribution is 5.94. The SMILES string of the molecule is CCCCOC(=O)/C(C)=C/C(=O)[O-]. The second-order valence-electron chi connectivity index (χ2n) is 2.64. The van der Waals surface area contributed by atoms with E-state index >= 15 is 0 Å². The first kappa shape index (κ1) is 11.7. The summed E-state index contributed by atoms with van der Waals surface area (Å²) in [5, 5.41) is 10.0. The summed E-state index contributed by atoms with van der Waals surface area (Å²) in [6.07, 6.45) is 2.44. The third kappa shape index (κ3) is 5.90. The van der Waals surface area contributed by atoms with E-state index in [0.29, 0.717) is 6.61 Å². The number of carboxylic acid groups (broad SMARTS) is 1. The van der Waals surface area contributed by atoms with Gasteiger partial charge in [-0.05, 0) is 19.4 Å². The Morgan fingerprint density at radius 1 is 1.46 bits per heavy atom. The topological polar surface area (TPSA) is 66.4 Å². The second-order valence-corrected chi connectivity index (χ2v) is 2.64. The molecule has 0 N–H and O–H groups in total. The van der Waals surface area contributed by atoms with Crippen LogP contribution in [0.15, 0.2) is 11.6 Å². The maximum atomic E-state index is 11.0. The number of hydrogen-bond donors (Lipinski definition) is 0. The number of carbonyl (C=O) groups excluding carboxylic acids is 2. The first-order valence-electron chi connectivity index (χ1n) is 4.14. The molecule has 0 atom stereocenters. The summed E-state index contributed by atoms with van der Waals surface area (Å²) >= 11 is 0. The number of hydrogen-bond acceptors (Lipinski definition) is 4. The quantitative estimate of drug-likeness (QED) is 0.344. The van der Waals surface area contributed by atoms with Gasteiger partial charge in [-0.15, -0.1) is 0 Å². The van der Waals surface area contributed by atoms with Crippen LogP contribution in [0.5, 0.6) is 0 Å². The second kappa shape index (κ2) is 6.22. The highest BCUT2D eigenvalue weighted by Gasteiger charge is 2.04. The molecule has 4 nitrogen and oxygen atoms in total. The fraction of sp³-hybridized carbons (Fsp3) is 0.556. The molecule has 0 aliphatic carbocycles. The van der Waals surface area contributed by atoms with Crippen molar-refractivity contribution in [3.63, 3.8) is 0 Å². The van der Waals surface area contributed by atoms with E-state index in [1.54, 1.807) is 0 Å². The van der Waals surface area contributed by atoms with Gasteiger partial charge in [-0.25, -0.2) is 4.79 Å². The van der Waals surface area contributed by atoms with E-state index in [1.165, 1.54) is 6.92 Å². The monoisotopic (exact) mass is 185 g/mol. The minimum absolute atomic E-state index is 0.0519. The maximum absolute atomic E-state index is 11.0. The van der Waals surface area contributed by atoms with E-state index in [1.807, 2.05) is 6.92 Å². The lowest BCUT2D eigenvalue weighted by Gasteiger charge is -2.03. The molecule has 0 aromatic carbocycles. The highest BCUT2D eigenvalue weighted by Crippen LogP contribution is 1.97. The summed E-state index contributed by atoms with van der Waals surface area (Å²) in [5.74, 6) is -1.98. The minimum atomic E-state index is -1.38. The van der Waals surface area contributed by atoms with Gasteiger partial charge in [0.05, 0.1) is 12.6 Å². The molecule has 0 spiro atoms. The number of carbonyl (C=O) groups is 2. The van der Waals surface area contributed by atoms with Gasteiger partial charge in [0.1, 0.15) is 0 Å². The lowest BCUT2D eigenvalue weighted by Crippen LogP contribution is -2.21. The van der Waals surface area contributed by atoms with Crippen LogP contribution in [0.25, 0.3) is 0 Å². The smallest absolute Gasteiger partial charge is 0.333 e. The van der Waals surface area contributed by atoms with Crippen LogP contribution in [0.1, 0.15) is 26.7 Å². The van der Waals surface area contributed by atoms with Gasteiger partial charge < -0.3 is 14.6 Å². The van der Waals surface area contributed by atoms with Crippen molar-refractivity contribution in [1.82, 2.24) is 0 Å². The van der Waals surface area contributed by atoms with Gasteiger partial charge in [-0.1, -0.05) is 13.3 Å². The molecule has 13 heavy (non-hydrogen) atoms.